The molecule has 0 bridgehead atoms. The van der Waals surface area contributed by atoms with E-state index < -0.39 is 26.2 Å². The molecule has 16 heteroatoms. The summed E-state index contributed by atoms with van der Waals surface area (Å²) in [7, 11) is -16.7. The molecule has 42 heavy (non-hydrogen) atoms. The number of guanidine groups is 1. The molecule has 7 nitrogen and oxygen atoms in total. The zero-order valence-electron chi connectivity index (χ0n) is 23.9. The molecule has 2 N–H and O–H groups in total. The van der Waals surface area contributed by atoms with Gasteiger partial charge in [-0.3, -0.25) is 19.4 Å². The third-order valence-corrected chi connectivity index (χ3v) is 12.5. The third-order valence-electron chi connectivity index (χ3n) is 6.89. The molecule has 0 saturated carbocycles. The van der Waals surface area contributed by atoms with Crippen LogP contribution in [0.25, 0.3) is 0 Å². The fourth-order valence-corrected chi connectivity index (χ4v) is 10.2. The van der Waals surface area contributed by atoms with Gasteiger partial charge in [0.25, 0.3) is 18.4 Å². The molecule has 2 aromatic rings. The molecule has 0 spiro atoms. The standard InChI is InChI=1S/C26H37N3O4SSi.F6P/c1-26(2,3)35(23-11-7-5-8-12-23,24-13-9-6-10-14-24)33-20-22-16-18-29-17-15-21(27-25(29)28-22)19-32-34(4,30)31;1-7(2,3,4,5)6/h5-14,21-22H,15-20H2,1-4H3,(H,27,28);/q;-1/p+1. The molecule has 0 saturated heterocycles. The molecular weight excluding hydrogens is 623 g/mol. The molecule has 0 aliphatic carbocycles. The summed E-state index contributed by atoms with van der Waals surface area (Å²) in [4.78, 5) is 0. The van der Waals surface area contributed by atoms with Crippen LogP contribution in [0.3, 0.4) is 0 Å². The number of rotatable bonds is 8. The Morgan fingerprint density at radius 1 is 0.833 bits per heavy atom. The van der Waals surface area contributed by atoms with Gasteiger partial charge in [-0.2, -0.15) is 8.42 Å². The minimum atomic E-state index is -10.7. The molecule has 2 heterocycles. The van der Waals surface area contributed by atoms with Crippen molar-refractivity contribution < 1.29 is 46.8 Å². The van der Waals surface area contributed by atoms with E-state index in [0.29, 0.717) is 6.61 Å². The van der Waals surface area contributed by atoms with E-state index in [1.807, 2.05) is 0 Å². The predicted molar refractivity (Wildman–Crippen MR) is 156 cm³/mol. The van der Waals surface area contributed by atoms with Gasteiger partial charge in [0.1, 0.15) is 6.04 Å². The van der Waals surface area contributed by atoms with E-state index in [4.69, 9.17) is 8.61 Å². The summed E-state index contributed by atoms with van der Waals surface area (Å²) in [6.07, 6.45) is 2.91. The van der Waals surface area contributed by atoms with Crippen LogP contribution in [-0.2, 0) is 18.7 Å². The number of nitrogens with zero attached hydrogens (tertiary/aromatic N) is 1. The predicted octanol–water partition coefficient (Wildman–Crippen LogP) is 5.01. The molecule has 0 fully saturated rings. The van der Waals surface area contributed by atoms with Crippen molar-refractivity contribution in [2.75, 3.05) is 32.6 Å². The van der Waals surface area contributed by atoms with Crippen molar-refractivity contribution in [2.45, 2.75) is 50.7 Å². The Morgan fingerprint density at radius 2 is 1.24 bits per heavy atom. The molecule has 2 unspecified atom stereocenters. The maximum absolute atomic E-state index is 11.4. The molecule has 2 aliphatic heterocycles. The third kappa shape index (κ3) is 10.8. The Hall–Kier alpha value is -2.19. The van der Waals surface area contributed by atoms with E-state index in [0.717, 1.165) is 38.1 Å². The minimum absolute atomic E-state index is 0.0418. The van der Waals surface area contributed by atoms with Crippen LogP contribution in [0.4, 0.5) is 25.2 Å². The second-order valence-electron chi connectivity index (χ2n) is 11.5. The van der Waals surface area contributed by atoms with Crippen LogP contribution < -0.4 is 21.0 Å². The molecule has 4 rings (SSSR count). The zero-order chi connectivity index (χ0) is 31.5. The average molecular weight is 662 g/mol. The van der Waals surface area contributed by atoms with Crippen molar-refractivity contribution in [3.63, 3.8) is 0 Å². The van der Waals surface area contributed by atoms with Crippen LogP contribution in [-0.4, -0.2) is 71.9 Å². The summed E-state index contributed by atoms with van der Waals surface area (Å²) in [6.45, 7) is 9.41. The molecule has 2 atom stereocenters. The van der Waals surface area contributed by atoms with Crippen LogP contribution in [0, 0.1) is 0 Å². The summed E-state index contributed by atoms with van der Waals surface area (Å²) in [5.74, 6) is 0.945. The molecule has 0 aromatic heterocycles. The summed E-state index contributed by atoms with van der Waals surface area (Å²) in [5.41, 5.74) is 0. The van der Waals surface area contributed by atoms with Crippen LogP contribution in [0.1, 0.15) is 33.6 Å². The Labute approximate surface area is 243 Å². The van der Waals surface area contributed by atoms with Crippen molar-refractivity contribution >= 4 is 42.6 Å². The first-order chi connectivity index (χ1) is 19.0. The van der Waals surface area contributed by atoms with Crippen LogP contribution >= 0.6 is 7.81 Å². The van der Waals surface area contributed by atoms with Gasteiger partial charge in [0.15, 0.2) is 0 Å². The topological polar surface area (TPSA) is 79.7 Å². The first-order valence-electron chi connectivity index (χ1n) is 13.3. The van der Waals surface area contributed by atoms with Crippen molar-refractivity contribution in [1.29, 1.82) is 0 Å². The Kier molecular flexibility index (Phi) is 9.57. The van der Waals surface area contributed by atoms with E-state index in [9.17, 15) is 33.6 Å². The Morgan fingerprint density at radius 3 is 1.62 bits per heavy atom. The first-order valence-corrected chi connectivity index (χ1v) is 19.1. The zero-order valence-corrected chi connectivity index (χ0v) is 26.6. The van der Waals surface area contributed by atoms with Gasteiger partial charge < -0.3 is 4.43 Å². The summed E-state index contributed by atoms with van der Waals surface area (Å²) < 4.78 is 96.4. The van der Waals surface area contributed by atoms with Gasteiger partial charge in [0.2, 0.25) is 0 Å². The molecule has 2 aromatic carbocycles. The summed E-state index contributed by atoms with van der Waals surface area (Å²) >= 11 is 0. The van der Waals surface area contributed by atoms with Gasteiger partial charge in [0, 0.05) is 12.8 Å². The fourth-order valence-electron chi connectivity index (χ4n) is 5.16. The van der Waals surface area contributed by atoms with Gasteiger partial charge in [0.05, 0.1) is 38.6 Å². The van der Waals surface area contributed by atoms with E-state index in [2.05, 4.69) is 96.6 Å². The fraction of sp³-hybridized carbons (Fsp3) is 0.500. The van der Waals surface area contributed by atoms with Gasteiger partial charge in [-0.1, -0.05) is 81.4 Å². The number of benzene rings is 2. The average Bonchev–Trinajstić information content (AvgIpc) is 2.86. The van der Waals surface area contributed by atoms with Crippen LogP contribution in [0.15, 0.2) is 60.7 Å². The van der Waals surface area contributed by atoms with Gasteiger partial charge in [-0.25, -0.2) is 0 Å². The molecular formula is C26H38F6N3O4PSSi. The SMILES string of the molecule is CC(C)(C)[Si](OCC1CC[N+]2=C(N1)NC(COS(C)(=O)=O)CC2)(c1ccccc1)c1ccccc1.F[P-](F)(F)(F)(F)F. The quantitative estimate of drug-likeness (QED) is 0.136. The maximum atomic E-state index is 11.4. The number of hydrogen-bond acceptors (Lipinski definition) is 6. The van der Waals surface area contributed by atoms with E-state index in [1.165, 1.54) is 10.4 Å². The number of nitrogens with one attached hydrogen (secondary N) is 2. The number of hydrogen-bond donors (Lipinski definition) is 2. The Balaban J connectivity index is 0.000000616. The second-order valence-corrected chi connectivity index (χ2v) is 19.4. The van der Waals surface area contributed by atoms with Crippen LogP contribution in [0.5, 0.6) is 0 Å². The van der Waals surface area contributed by atoms with E-state index >= 15 is 0 Å². The monoisotopic (exact) mass is 661 g/mol. The van der Waals surface area contributed by atoms with Gasteiger partial charge in [-0.15, -0.1) is 0 Å². The molecule has 0 amide bonds. The second kappa shape index (κ2) is 11.7. The normalized spacial score (nSPS) is 21.5. The Bertz CT molecular complexity index is 1310. The van der Waals surface area contributed by atoms with Gasteiger partial charge >= 0.3 is 38.9 Å². The van der Waals surface area contributed by atoms with Crippen molar-refractivity contribution in [2.24, 2.45) is 0 Å². The molecule has 2 aliphatic rings. The van der Waals surface area contributed by atoms with Crippen molar-refractivity contribution in [3.05, 3.63) is 60.7 Å². The first kappa shape index (κ1) is 34.3. The van der Waals surface area contributed by atoms with E-state index in [-0.39, 0.29) is 23.7 Å². The summed E-state index contributed by atoms with van der Waals surface area (Å²) in [6, 6.07) is 21.5. The molecule has 238 valence electrons. The van der Waals surface area contributed by atoms with E-state index in [1.54, 1.807) is 0 Å². The van der Waals surface area contributed by atoms with Crippen molar-refractivity contribution in [1.82, 2.24) is 10.6 Å². The number of halogens is 6. The summed E-state index contributed by atoms with van der Waals surface area (Å²) in [5, 5.41) is 9.56. The molecule has 0 radical (unpaired) electrons. The van der Waals surface area contributed by atoms with Crippen LogP contribution in [0.2, 0.25) is 5.04 Å². The van der Waals surface area contributed by atoms with Crippen molar-refractivity contribution in [3.8, 4) is 0 Å². The van der Waals surface area contributed by atoms with Gasteiger partial charge in [-0.05, 0) is 15.4 Å².